The Bertz CT molecular complexity index is 499. The average molecular weight is 300 g/mol. The fourth-order valence-electron chi connectivity index (χ4n) is 2.00. The molecule has 1 aromatic heterocycles. The van der Waals surface area contributed by atoms with Crippen molar-refractivity contribution in [2.75, 3.05) is 19.7 Å². The van der Waals surface area contributed by atoms with E-state index in [-0.39, 0.29) is 18.5 Å². The number of hydrogen-bond acceptors (Lipinski definition) is 4. The maximum Gasteiger partial charge on any atom is 0.388 e. The van der Waals surface area contributed by atoms with Gasteiger partial charge >= 0.3 is 6.61 Å². The number of ether oxygens (including phenoxy) is 2. The number of nitrogens with two attached hydrogens (primary N) is 1. The van der Waals surface area contributed by atoms with E-state index >= 15 is 0 Å². The number of aliphatic imine (C=N–C) groups is 1. The molecule has 2 heterocycles. The zero-order valence-electron chi connectivity index (χ0n) is 11.7. The number of halogens is 2. The van der Waals surface area contributed by atoms with Crippen LogP contribution in [0, 0.1) is 0 Å². The number of pyridine rings is 1. The first-order valence-corrected chi connectivity index (χ1v) is 6.61. The topological polar surface area (TPSA) is 73.0 Å². The summed E-state index contributed by atoms with van der Waals surface area (Å²) in [6.45, 7) is 1.34. The Hall–Kier alpha value is -1.96. The van der Waals surface area contributed by atoms with E-state index < -0.39 is 6.61 Å². The number of rotatable bonds is 4. The van der Waals surface area contributed by atoms with Crippen LogP contribution in [0.4, 0.5) is 8.78 Å². The molecule has 0 amide bonds. The van der Waals surface area contributed by atoms with E-state index in [1.807, 2.05) is 11.8 Å². The minimum Gasteiger partial charge on any atom is -0.417 e. The zero-order chi connectivity index (χ0) is 15.2. The van der Waals surface area contributed by atoms with Crippen LogP contribution in [0.5, 0.6) is 5.88 Å². The molecule has 1 aliphatic rings. The normalized spacial score (nSPS) is 19.9. The molecule has 0 bridgehead atoms. The molecule has 6 nitrogen and oxygen atoms in total. The zero-order valence-corrected chi connectivity index (χ0v) is 11.7. The predicted molar refractivity (Wildman–Crippen MR) is 73.2 cm³/mol. The summed E-state index contributed by atoms with van der Waals surface area (Å²) in [5.41, 5.74) is 6.63. The number of alkyl halides is 2. The third-order valence-electron chi connectivity index (χ3n) is 3.00. The molecule has 0 radical (unpaired) electrons. The van der Waals surface area contributed by atoms with Gasteiger partial charge in [-0.15, -0.1) is 0 Å². The number of guanidine groups is 1. The van der Waals surface area contributed by atoms with Crippen LogP contribution >= 0.6 is 0 Å². The van der Waals surface area contributed by atoms with Gasteiger partial charge in [0.05, 0.1) is 19.3 Å². The second-order valence-electron chi connectivity index (χ2n) is 4.68. The van der Waals surface area contributed by atoms with E-state index in [1.165, 1.54) is 12.3 Å². The van der Waals surface area contributed by atoms with Gasteiger partial charge in [0.25, 0.3) is 0 Å². The van der Waals surface area contributed by atoms with Crippen LogP contribution in [-0.4, -0.2) is 48.3 Å². The Balaban J connectivity index is 1.96. The summed E-state index contributed by atoms with van der Waals surface area (Å²) in [6, 6.07) is 3.10. The number of nitrogens with zero attached hydrogens (tertiary/aromatic N) is 3. The lowest BCUT2D eigenvalue weighted by Gasteiger charge is -2.31. The van der Waals surface area contributed by atoms with Crippen molar-refractivity contribution in [3.05, 3.63) is 23.9 Å². The fourth-order valence-corrected chi connectivity index (χ4v) is 2.00. The van der Waals surface area contributed by atoms with E-state index in [0.717, 1.165) is 0 Å². The Kier molecular flexibility index (Phi) is 5.26. The van der Waals surface area contributed by atoms with Crippen LogP contribution in [0.1, 0.15) is 12.5 Å². The Labute approximate surface area is 121 Å². The Morgan fingerprint density at radius 3 is 3.19 bits per heavy atom. The van der Waals surface area contributed by atoms with Crippen molar-refractivity contribution in [3.8, 4) is 5.88 Å². The molecule has 2 rings (SSSR count). The molecule has 0 aromatic carbocycles. The standard InChI is InChI=1S/C13H18F2N4O2/c1-9-8-19(4-5-20-9)13(16)18-7-10-2-3-17-11(6-10)21-12(14)15/h2-3,6,9,12H,4-5,7-8H2,1H3,(H2,16,18). The quantitative estimate of drug-likeness (QED) is 0.668. The SMILES string of the molecule is CC1CN(C(N)=NCc2ccnc(OC(F)F)c2)CCO1. The molecule has 8 heteroatoms. The highest BCUT2D eigenvalue weighted by molar-refractivity contribution is 5.78. The molecule has 116 valence electrons. The molecule has 0 aliphatic carbocycles. The van der Waals surface area contributed by atoms with Gasteiger partial charge in [0.1, 0.15) is 0 Å². The average Bonchev–Trinajstić information content (AvgIpc) is 2.44. The molecule has 21 heavy (non-hydrogen) atoms. The molecule has 1 fully saturated rings. The van der Waals surface area contributed by atoms with Crippen molar-refractivity contribution in [1.29, 1.82) is 0 Å². The van der Waals surface area contributed by atoms with Crippen LogP contribution in [0.2, 0.25) is 0 Å². The minimum absolute atomic E-state index is 0.111. The Morgan fingerprint density at radius 2 is 2.48 bits per heavy atom. The summed E-state index contributed by atoms with van der Waals surface area (Å²) >= 11 is 0. The molecular formula is C13H18F2N4O2. The van der Waals surface area contributed by atoms with Crippen LogP contribution < -0.4 is 10.5 Å². The highest BCUT2D eigenvalue weighted by Crippen LogP contribution is 2.13. The minimum atomic E-state index is -2.89. The number of hydrogen-bond donors (Lipinski definition) is 1. The van der Waals surface area contributed by atoms with Crippen molar-refractivity contribution in [2.24, 2.45) is 10.7 Å². The molecule has 0 spiro atoms. The van der Waals surface area contributed by atoms with E-state index in [1.54, 1.807) is 6.07 Å². The van der Waals surface area contributed by atoms with E-state index in [9.17, 15) is 8.78 Å². The van der Waals surface area contributed by atoms with Gasteiger partial charge in [-0.3, -0.25) is 0 Å². The molecule has 1 unspecified atom stereocenters. The van der Waals surface area contributed by atoms with Gasteiger partial charge in [0.2, 0.25) is 5.88 Å². The largest absolute Gasteiger partial charge is 0.417 e. The van der Waals surface area contributed by atoms with Crippen molar-refractivity contribution in [3.63, 3.8) is 0 Å². The van der Waals surface area contributed by atoms with Crippen molar-refractivity contribution in [1.82, 2.24) is 9.88 Å². The van der Waals surface area contributed by atoms with Gasteiger partial charge in [0.15, 0.2) is 5.96 Å². The Morgan fingerprint density at radius 1 is 1.67 bits per heavy atom. The van der Waals surface area contributed by atoms with Crippen molar-refractivity contribution >= 4 is 5.96 Å². The van der Waals surface area contributed by atoms with Crippen LogP contribution in [0.3, 0.4) is 0 Å². The summed E-state index contributed by atoms with van der Waals surface area (Å²) in [6.07, 6.45) is 1.51. The third kappa shape index (κ3) is 4.82. The summed E-state index contributed by atoms with van der Waals surface area (Å²) in [4.78, 5) is 9.90. The summed E-state index contributed by atoms with van der Waals surface area (Å²) in [5.74, 6) is 0.287. The van der Waals surface area contributed by atoms with E-state index in [2.05, 4.69) is 14.7 Å². The smallest absolute Gasteiger partial charge is 0.388 e. The molecule has 1 saturated heterocycles. The van der Waals surface area contributed by atoms with Crippen molar-refractivity contribution < 1.29 is 18.3 Å². The van der Waals surface area contributed by atoms with Gasteiger partial charge < -0.3 is 20.1 Å². The van der Waals surface area contributed by atoms with E-state index in [0.29, 0.717) is 31.2 Å². The summed E-state index contributed by atoms with van der Waals surface area (Å²) < 4.78 is 33.9. The molecule has 0 saturated carbocycles. The molecule has 1 atom stereocenters. The first kappa shape index (κ1) is 15.4. The van der Waals surface area contributed by atoms with E-state index in [4.69, 9.17) is 10.5 Å². The van der Waals surface area contributed by atoms with Gasteiger partial charge in [0, 0.05) is 25.4 Å². The summed E-state index contributed by atoms with van der Waals surface area (Å²) in [7, 11) is 0. The number of aromatic nitrogens is 1. The van der Waals surface area contributed by atoms with Gasteiger partial charge in [-0.2, -0.15) is 8.78 Å². The van der Waals surface area contributed by atoms with Gasteiger partial charge in [-0.1, -0.05) is 0 Å². The second kappa shape index (κ2) is 7.16. The molecular weight excluding hydrogens is 282 g/mol. The van der Waals surface area contributed by atoms with Crippen LogP contribution in [-0.2, 0) is 11.3 Å². The fraction of sp³-hybridized carbons (Fsp3) is 0.538. The third-order valence-corrected chi connectivity index (χ3v) is 3.00. The molecule has 1 aliphatic heterocycles. The highest BCUT2D eigenvalue weighted by Gasteiger charge is 2.17. The van der Waals surface area contributed by atoms with Gasteiger partial charge in [-0.25, -0.2) is 9.98 Å². The maximum atomic E-state index is 12.1. The lowest BCUT2D eigenvalue weighted by molar-refractivity contribution is -0.0528. The summed E-state index contributed by atoms with van der Waals surface area (Å²) in [5, 5.41) is 0. The van der Waals surface area contributed by atoms with Crippen LogP contribution in [0.15, 0.2) is 23.3 Å². The molecule has 1 aromatic rings. The lowest BCUT2D eigenvalue weighted by atomic mass is 10.2. The van der Waals surface area contributed by atoms with Gasteiger partial charge in [-0.05, 0) is 18.6 Å². The number of morpholine rings is 1. The maximum absolute atomic E-state index is 12.1. The first-order valence-electron chi connectivity index (χ1n) is 6.61. The monoisotopic (exact) mass is 300 g/mol. The highest BCUT2D eigenvalue weighted by atomic mass is 19.3. The molecule has 2 N–H and O–H groups in total. The first-order chi connectivity index (χ1) is 10.0. The van der Waals surface area contributed by atoms with Crippen molar-refractivity contribution in [2.45, 2.75) is 26.2 Å². The second-order valence-corrected chi connectivity index (χ2v) is 4.68. The lowest BCUT2D eigenvalue weighted by Crippen LogP contribution is -2.47. The predicted octanol–water partition coefficient (Wildman–Crippen LogP) is 1.22. The van der Waals surface area contributed by atoms with Crippen LogP contribution in [0.25, 0.3) is 0 Å².